The highest BCUT2D eigenvalue weighted by Crippen LogP contribution is 2.34. The molecule has 0 spiro atoms. The van der Waals surface area contributed by atoms with E-state index in [0.29, 0.717) is 17.5 Å². The molecule has 1 aromatic carbocycles. The summed E-state index contributed by atoms with van der Waals surface area (Å²) in [4.78, 5) is 2.14. The molecule has 118 valence electrons. The molecule has 2 rings (SSSR count). The van der Waals surface area contributed by atoms with Gasteiger partial charge in [-0.2, -0.15) is 0 Å². The molecule has 0 bridgehead atoms. The number of hydrogen-bond acceptors (Lipinski definition) is 2. The van der Waals surface area contributed by atoms with Gasteiger partial charge in [0.1, 0.15) is 5.82 Å². The van der Waals surface area contributed by atoms with Gasteiger partial charge >= 0.3 is 0 Å². The molecular weight excluding hydrogens is 263 g/mol. The molecule has 1 aliphatic rings. The third-order valence-electron chi connectivity index (χ3n) is 5.05. The Morgan fingerprint density at radius 1 is 1.29 bits per heavy atom. The summed E-state index contributed by atoms with van der Waals surface area (Å²) in [7, 11) is 0. The first kappa shape index (κ1) is 16.3. The number of nitrogens with two attached hydrogens (primary N) is 1. The molecule has 2 nitrogen and oxygen atoms in total. The van der Waals surface area contributed by atoms with Crippen LogP contribution in [0, 0.1) is 23.6 Å². The summed E-state index contributed by atoms with van der Waals surface area (Å²) in [5.74, 6) is 1.80. The zero-order chi connectivity index (χ0) is 15.4. The first-order valence-electron chi connectivity index (χ1n) is 8.28. The molecule has 0 aromatic heterocycles. The van der Waals surface area contributed by atoms with Crippen molar-refractivity contribution in [1.29, 1.82) is 0 Å². The van der Waals surface area contributed by atoms with Gasteiger partial charge in [0.25, 0.3) is 0 Å². The lowest BCUT2D eigenvalue weighted by molar-refractivity contribution is 0.192. The van der Waals surface area contributed by atoms with Crippen molar-refractivity contribution < 1.29 is 4.39 Å². The van der Waals surface area contributed by atoms with Gasteiger partial charge in [-0.1, -0.05) is 26.0 Å². The topological polar surface area (TPSA) is 29.3 Å². The van der Waals surface area contributed by atoms with Crippen molar-refractivity contribution in [2.45, 2.75) is 46.1 Å². The van der Waals surface area contributed by atoms with Crippen LogP contribution in [0.1, 0.15) is 40.0 Å². The average Bonchev–Trinajstić information content (AvgIpc) is 2.47. The van der Waals surface area contributed by atoms with Crippen LogP contribution in [-0.2, 0) is 0 Å². The second-order valence-corrected chi connectivity index (χ2v) is 6.73. The van der Waals surface area contributed by atoms with E-state index in [-0.39, 0.29) is 11.9 Å². The van der Waals surface area contributed by atoms with Crippen LogP contribution >= 0.6 is 0 Å². The quantitative estimate of drug-likeness (QED) is 0.887. The standard InChI is InChI=1S/C18H29FN2/c1-4-21(18-8-6-5-7-16(18)19)12-15-11-14(13(2)3)9-10-17(15)20/h5-8,13-15,17H,4,9-12,20H2,1-3H3. The highest BCUT2D eigenvalue weighted by molar-refractivity contribution is 5.47. The average molecular weight is 292 g/mol. The number of anilines is 1. The van der Waals surface area contributed by atoms with E-state index in [2.05, 4.69) is 25.7 Å². The normalized spacial score (nSPS) is 26.1. The lowest BCUT2D eigenvalue weighted by Gasteiger charge is -2.39. The number of rotatable bonds is 5. The SMILES string of the molecule is CCN(CC1CC(C(C)C)CCC1N)c1ccccc1F. The van der Waals surface area contributed by atoms with Gasteiger partial charge in [0, 0.05) is 19.1 Å². The van der Waals surface area contributed by atoms with Crippen LogP contribution in [0.2, 0.25) is 0 Å². The van der Waals surface area contributed by atoms with Gasteiger partial charge in [-0.05, 0) is 56.1 Å². The van der Waals surface area contributed by atoms with E-state index in [0.717, 1.165) is 25.4 Å². The van der Waals surface area contributed by atoms with E-state index in [1.807, 2.05) is 12.1 Å². The summed E-state index contributed by atoms with van der Waals surface area (Å²) in [6.45, 7) is 8.36. The third-order valence-corrected chi connectivity index (χ3v) is 5.05. The molecule has 1 aliphatic carbocycles. The Kier molecular flexibility index (Phi) is 5.63. The molecular formula is C18H29FN2. The fraction of sp³-hybridized carbons (Fsp3) is 0.667. The summed E-state index contributed by atoms with van der Waals surface area (Å²) in [5, 5.41) is 0. The van der Waals surface area contributed by atoms with Crippen LogP contribution in [-0.4, -0.2) is 19.1 Å². The lowest BCUT2D eigenvalue weighted by Crippen LogP contribution is -2.44. The second-order valence-electron chi connectivity index (χ2n) is 6.73. The Bertz CT molecular complexity index is 447. The summed E-state index contributed by atoms with van der Waals surface area (Å²) in [5.41, 5.74) is 7.05. The Labute approximate surface area is 128 Å². The van der Waals surface area contributed by atoms with Gasteiger partial charge in [-0.25, -0.2) is 4.39 Å². The fourth-order valence-electron chi connectivity index (χ4n) is 3.53. The van der Waals surface area contributed by atoms with E-state index in [4.69, 9.17) is 5.73 Å². The molecule has 0 amide bonds. The van der Waals surface area contributed by atoms with Crippen LogP contribution in [0.25, 0.3) is 0 Å². The maximum atomic E-state index is 14.0. The smallest absolute Gasteiger partial charge is 0.146 e. The van der Waals surface area contributed by atoms with Crippen LogP contribution in [0.5, 0.6) is 0 Å². The lowest BCUT2D eigenvalue weighted by atomic mass is 9.73. The molecule has 1 fully saturated rings. The van der Waals surface area contributed by atoms with E-state index >= 15 is 0 Å². The third kappa shape index (κ3) is 3.97. The second kappa shape index (κ2) is 7.26. The van der Waals surface area contributed by atoms with Crippen molar-refractivity contribution >= 4 is 5.69 Å². The zero-order valence-corrected chi connectivity index (χ0v) is 13.6. The minimum Gasteiger partial charge on any atom is -0.369 e. The van der Waals surface area contributed by atoms with Gasteiger partial charge in [0.2, 0.25) is 0 Å². The van der Waals surface area contributed by atoms with Crippen molar-refractivity contribution in [3.05, 3.63) is 30.1 Å². The first-order valence-corrected chi connectivity index (χ1v) is 8.28. The number of hydrogen-bond donors (Lipinski definition) is 1. The summed E-state index contributed by atoms with van der Waals surface area (Å²) >= 11 is 0. The molecule has 1 aromatic rings. The molecule has 2 N–H and O–H groups in total. The number of nitrogens with zero attached hydrogens (tertiary/aromatic N) is 1. The number of benzene rings is 1. The van der Waals surface area contributed by atoms with Crippen LogP contribution in [0.15, 0.2) is 24.3 Å². The maximum absolute atomic E-state index is 14.0. The molecule has 0 radical (unpaired) electrons. The van der Waals surface area contributed by atoms with Crippen molar-refractivity contribution in [2.24, 2.45) is 23.5 Å². The monoisotopic (exact) mass is 292 g/mol. The summed E-state index contributed by atoms with van der Waals surface area (Å²) in [6, 6.07) is 7.30. The minimum absolute atomic E-state index is 0.135. The van der Waals surface area contributed by atoms with Gasteiger partial charge in [0.15, 0.2) is 0 Å². The van der Waals surface area contributed by atoms with Crippen LogP contribution in [0.3, 0.4) is 0 Å². The molecule has 3 heteroatoms. The Balaban J connectivity index is 2.08. The molecule has 3 atom stereocenters. The van der Waals surface area contributed by atoms with Crippen molar-refractivity contribution in [3.63, 3.8) is 0 Å². The minimum atomic E-state index is -0.135. The van der Waals surface area contributed by atoms with Crippen molar-refractivity contribution in [3.8, 4) is 0 Å². The van der Waals surface area contributed by atoms with E-state index < -0.39 is 0 Å². The van der Waals surface area contributed by atoms with Gasteiger partial charge in [0.05, 0.1) is 5.69 Å². The highest BCUT2D eigenvalue weighted by Gasteiger charge is 2.31. The Morgan fingerprint density at radius 2 is 2.00 bits per heavy atom. The molecule has 21 heavy (non-hydrogen) atoms. The molecule has 0 heterocycles. The van der Waals surface area contributed by atoms with Gasteiger partial charge < -0.3 is 10.6 Å². The molecule has 0 aliphatic heterocycles. The number of halogens is 1. The fourth-order valence-corrected chi connectivity index (χ4v) is 3.53. The Morgan fingerprint density at radius 3 is 2.62 bits per heavy atom. The first-order chi connectivity index (χ1) is 10.0. The zero-order valence-electron chi connectivity index (χ0n) is 13.6. The van der Waals surface area contributed by atoms with Crippen molar-refractivity contribution in [2.75, 3.05) is 18.0 Å². The Hall–Kier alpha value is -1.09. The van der Waals surface area contributed by atoms with Crippen LogP contribution in [0.4, 0.5) is 10.1 Å². The molecule has 1 saturated carbocycles. The predicted octanol–water partition coefficient (Wildman–Crippen LogP) is 4.05. The van der Waals surface area contributed by atoms with E-state index in [1.54, 1.807) is 6.07 Å². The van der Waals surface area contributed by atoms with E-state index in [9.17, 15) is 4.39 Å². The highest BCUT2D eigenvalue weighted by atomic mass is 19.1. The van der Waals surface area contributed by atoms with Crippen LogP contribution < -0.4 is 10.6 Å². The van der Waals surface area contributed by atoms with Gasteiger partial charge in [-0.15, -0.1) is 0 Å². The largest absolute Gasteiger partial charge is 0.369 e. The van der Waals surface area contributed by atoms with E-state index in [1.165, 1.54) is 18.9 Å². The summed E-state index contributed by atoms with van der Waals surface area (Å²) in [6.07, 6.45) is 3.51. The molecule has 3 unspecified atom stereocenters. The molecule has 0 saturated heterocycles. The summed E-state index contributed by atoms with van der Waals surface area (Å²) < 4.78 is 14.0. The number of para-hydroxylation sites is 1. The van der Waals surface area contributed by atoms with Crippen molar-refractivity contribution in [1.82, 2.24) is 0 Å². The predicted molar refractivity (Wildman–Crippen MR) is 87.9 cm³/mol. The maximum Gasteiger partial charge on any atom is 0.146 e. The van der Waals surface area contributed by atoms with Gasteiger partial charge in [-0.3, -0.25) is 0 Å².